The van der Waals surface area contributed by atoms with Crippen molar-refractivity contribution in [3.05, 3.63) is 85.6 Å². The molecule has 13 heteroatoms. The van der Waals surface area contributed by atoms with Crippen molar-refractivity contribution < 1.29 is 77.5 Å². The zero-order chi connectivity index (χ0) is 30.2. The van der Waals surface area contributed by atoms with Crippen molar-refractivity contribution >= 4 is 35.1 Å². The molecule has 0 unspecified atom stereocenters. The van der Waals surface area contributed by atoms with Gasteiger partial charge in [0.15, 0.2) is 0 Å². The standard InChI is InChI=1S/2C14H13F2O4.2CH3.Ti/c2*1-9(17)7-14(19)20-6-2-3-13(18)11-5-4-10(15)8-12(11)16;;;/h2*4-5H,2-3,6-7H2,1H3;2*1H3;/q4*-1;+4. The second-order valence-corrected chi connectivity index (χ2v) is 8.32. The Labute approximate surface area is 263 Å². The Morgan fingerprint density at radius 2 is 0.953 bits per heavy atom. The Morgan fingerprint density at radius 1 is 0.628 bits per heavy atom. The van der Waals surface area contributed by atoms with Gasteiger partial charge in [-0.15, -0.1) is 24.3 Å². The summed E-state index contributed by atoms with van der Waals surface area (Å²) >= 11 is 0. The average molecular weight is 644 g/mol. The first-order valence-electron chi connectivity index (χ1n) is 11.9. The van der Waals surface area contributed by atoms with Crippen LogP contribution in [-0.2, 0) is 50.4 Å². The fourth-order valence-electron chi connectivity index (χ4n) is 2.93. The molecule has 2 aromatic rings. The number of benzene rings is 2. The first-order valence-corrected chi connectivity index (χ1v) is 11.9. The van der Waals surface area contributed by atoms with Crippen molar-refractivity contribution in [2.45, 2.75) is 52.4 Å². The number of ketones is 4. The van der Waals surface area contributed by atoms with Crippen molar-refractivity contribution in [3.63, 3.8) is 0 Å². The van der Waals surface area contributed by atoms with Crippen LogP contribution in [0.4, 0.5) is 17.6 Å². The second-order valence-electron chi connectivity index (χ2n) is 8.32. The molecule has 0 saturated carbocycles. The third kappa shape index (κ3) is 18.6. The van der Waals surface area contributed by atoms with Crippen LogP contribution < -0.4 is 0 Å². The first kappa shape index (κ1) is 43.9. The third-order valence-corrected chi connectivity index (χ3v) is 4.73. The fraction of sp³-hybridized carbons (Fsp3) is 0.333. The quantitative estimate of drug-likeness (QED) is 0.0510. The topological polar surface area (TPSA) is 121 Å². The molecule has 0 saturated heterocycles. The van der Waals surface area contributed by atoms with Crippen LogP contribution in [0.5, 0.6) is 0 Å². The normalized spacial score (nSPS) is 9.44. The number of rotatable bonds is 14. The smallest absolute Gasteiger partial charge is 0.465 e. The number of carbonyl (C=O) groups is 6. The summed E-state index contributed by atoms with van der Waals surface area (Å²) in [5.41, 5.74) is -0.497. The summed E-state index contributed by atoms with van der Waals surface area (Å²) < 4.78 is 61.2. The molecule has 0 N–H and O–H groups in total. The third-order valence-electron chi connectivity index (χ3n) is 4.73. The van der Waals surface area contributed by atoms with E-state index in [1.807, 2.05) is 0 Å². The molecule has 0 aliphatic carbocycles. The summed E-state index contributed by atoms with van der Waals surface area (Å²) in [6.45, 7) is 2.45. The van der Waals surface area contributed by atoms with E-state index >= 15 is 0 Å². The second kappa shape index (κ2) is 23.0. The molecule has 232 valence electrons. The Kier molecular flexibility index (Phi) is 23.5. The van der Waals surface area contributed by atoms with Gasteiger partial charge >= 0.3 is 33.7 Å². The van der Waals surface area contributed by atoms with Gasteiger partial charge in [-0.3, -0.25) is 19.2 Å². The molecule has 0 aromatic heterocycles. The van der Waals surface area contributed by atoms with Gasteiger partial charge in [-0.2, -0.15) is 12.1 Å². The predicted octanol–water partition coefficient (Wildman–Crippen LogP) is 5.40. The summed E-state index contributed by atoms with van der Waals surface area (Å²) in [5.74, 6) is -6.83. The van der Waals surface area contributed by atoms with Crippen molar-refractivity contribution in [3.8, 4) is 0 Å². The number of halogens is 4. The van der Waals surface area contributed by atoms with Gasteiger partial charge < -0.3 is 33.9 Å². The molecule has 0 heterocycles. The van der Waals surface area contributed by atoms with Gasteiger partial charge in [0, 0.05) is 36.1 Å². The molecule has 8 nitrogen and oxygen atoms in total. The minimum atomic E-state index is -1.04. The van der Waals surface area contributed by atoms with Crippen LogP contribution in [0.25, 0.3) is 0 Å². The monoisotopic (exact) mass is 644 g/mol. The van der Waals surface area contributed by atoms with Crippen molar-refractivity contribution in [2.75, 3.05) is 13.2 Å². The summed E-state index contributed by atoms with van der Waals surface area (Å²) in [7, 11) is 0. The van der Waals surface area contributed by atoms with Crippen molar-refractivity contribution in [2.24, 2.45) is 0 Å². The molecular weight excluding hydrogens is 612 g/mol. The maximum atomic E-state index is 13.2. The van der Waals surface area contributed by atoms with Crippen LogP contribution in [0.2, 0.25) is 0 Å². The molecule has 2 rings (SSSR count). The molecule has 43 heavy (non-hydrogen) atoms. The van der Waals surface area contributed by atoms with Gasteiger partial charge in [0.25, 0.3) is 0 Å². The summed E-state index contributed by atoms with van der Waals surface area (Å²) in [6.07, 6.45) is -0.336. The van der Waals surface area contributed by atoms with E-state index in [0.717, 1.165) is 24.3 Å². The zero-order valence-corrected chi connectivity index (χ0v) is 25.8. The number of esters is 2. The van der Waals surface area contributed by atoms with Gasteiger partial charge in [0.05, 0.1) is 13.2 Å². The van der Waals surface area contributed by atoms with Crippen molar-refractivity contribution in [1.29, 1.82) is 0 Å². The van der Waals surface area contributed by atoms with Crippen LogP contribution >= 0.6 is 0 Å². The Bertz CT molecular complexity index is 1160. The molecule has 0 aliphatic rings. The largest absolute Gasteiger partial charge is 4.00 e. The van der Waals surface area contributed by atoms with Crippen LogP contribution in [0.3, 0.4) is 0 Å². The van der Waals surface area contributed by atoms with E-state index in [-0.39, 0.29) is 111 Å². The van der Waals surface area contributed by atoms with E-state index < -0.39 is 46.8 Å². The molecule has 0 atom stereocenters. The SMILES string of the molecule is CC(=O)CC(=O)OCCCC(=O)c1ccc(F)[c-]c1F.CC(=O)CC(=O)OCCCC(=O)c1ccc(F)[c-]c1F.[CH3-].[CH3-].[Ti+4]. The molecule has 0 radical (unpaired) electrons. The number of hydrogen-bond acceptors (Lipinski definition) is 8. The molecule has 0 aliphatic heterocycles. The molecular formula is C30H32F4O8Ti. The van der Waals surface area contributed by atoms with Crippen LogP contribution in [0.15, 0.2) is 24.3 Å². The number of ether oxygens (including phenoxy) is 2. The fourth-order valence-corrected chi connectivity index (χ4v) is 2.93. The zero-order valence-electron chi connectivity index (χ0n) is 24.2. The van der Waals surface area contributed by atoms with E-state index in [0.29, 0.717) is 0 Å². The minimum absolute atomic E-state index is 0. The number of Topliss-reactive ketones (excluding diaryl/α,β-unsaturated/α-hetero) is 4. The van der Waals surface area contributed by atoms with E-state index in [1.165, 1.54) is 13.8 Å². The van der Waals surface area contributed by atoms with E-state index in [2.05, 4.69) is 0 Å². The summed E-state index contributed by atoms with van der Waals surface area (Å²) in [4.78, 5) is 66.5. The number of hydrogen-bond donors (Lipinski definition) is 0. The first-order chi connectivity index (χ1) is 18.8. The Morgan fingerprint density at radius 3 is 1.23 bits per heavy atom. The Hall–Kier alpha value is -3.51. The maximum absolute atomic E-state index is 13.2. The van der Waals surface area contributed by atoms with Gasteiger partial charge in [-0.1, -0.05) is 11.1 Å². The van der Waals surface area contributed by atoms with Gasteiger partial charge in [0.1, 0.15) is 36.0 Å². The summed E-state index contributed by atoms with van der Waals surface area (Å²) in [6, 6.07) is 7.53. The predicted molar refractivity (Wildman–Crippen MR) is 143 cm³/mol. The van der Waals surface area contributed by atoms with E-state index in [1.54, 1.807) is 12.1 Å². The van der Waals surface area contributed by atoms with E-state index in [4.69, 9.17) is 9.47 Å². The molecule has 0 spiro atoms. The molecule has 0 bridgehead atoms. The average Bonchev–Trinajstić information content (AvgIpc) is 2.84. The molecule has 2 aromatic carbocycles. The van der Waals surface area contributed by atoms with Crippen molar-refractivity contribution in [1.82, 2.24) is 0 Å². The van der Waals surface area contributed by atoms with Crippen LogP contribution in [0.1, 0.15) is 73.1 Å². The van der Waals surface area contributed by atoms with Gasteiger partial charge in [0.2, 0.25) is 0 Å². The van der Waals surface area contributed by atoms with E-state index in [9.17, 15) is 46.3 Å². The molecule has 0 amide bonds. The molecule has 0 fully saturated rings. The van der Waals surface area contributed by atoms with Gasteiger partial charge in [-0.25, -0.2) is 17.6 Å². The van der Waals surface area contributed by atoms with Gasteiger partial charge in [-0.05, 0) is 26.7 Å². The Balaban J connectivity index is -0.000000696. The maximum Gasteiger partial charge on any atom is 4.00 e. The summed E-state index contributed by atoms with van der Waals surface area (Å²) in [5, 5.41) is 0. The van der Waals surface area contributed by atoms with Crippen LogP contribution in [-0.4, -0.2) is 48.3 Å². The van der Waals surface area contributed by atoms with Crippen LogP contribution in [0, 0.1) is 50.3 Å². The number of carbonyl (C=O) groups excluding carboxylic acids is 6. The minimum Gasteiger partial charge on any atom is -0.465 e.